The fourth-order valence-corrected chi connectivity index (χ4v) is 11.7. The van der Waals surface area contributed by atoms with Crippen molar-refractivity contribution < 1.29 is 19.1 Å². The normalized spacial score (nSPS) is 26.8. The molecule has 1 aromatic heterocycles. The Morgan fingerprint density at radius 3 is 2.46 bits per heavy atom. The molecule has 4 aliphatic rings. The fraction of sp³-hybridized carbons (Fsp3) is 0.263. The predicted molar refractivity (Wildman–Crippen MR) is 187 cm³/mol. The van der Waals surface area contributed by atoms with Crippen LogP contribution < -0.4 is 19.8 Å². The number of thioether (sulfide) groups is 1. The van der Waals surface area contributed by atoms with Gasteiger partial charge in [-0.2, -0.15) is 0 Å². The number of aryl methyl sites for hydroxylation is 1. The lowest BCUT2D eigenvalue weighted by Gasteiger charge is -2.43. The number of anilines is 2. The Labute approximate surface area is 284 Å². The van der Waals surface area contributed by atoms with E-state index in [0.29, 0.717) is 11.4 Å². The summed E-state index contributed by atoms with van der Waals surface area (Å²) in [4.78, 5) is 59.3. The van der Waals surface area contributed by atoms with Crippen LogP contribution >= 0.6 is 23.1 Å². The molecule has 0 radical (unpaired) electrons. The number of para-hydroxylation sites is 1. The second kappa shape index (κ2) is 11.2. The van der Waals surface area contributed by atoms with Gasteiger partial charge >= 0.3 is 4.87 Å². The lowest BCUT2D eigenvalue weighted by Crippen LogP contribution is -2.42. The zero-order chi connectivity index (χ0) is 32.7. The van der Waals surface area contributed by atoms with Crippen molar-refractivity contribution in [2.45, 2.75) is 29.5 Å². The molecule has 8 nitrogen and oxygen atoms in total. The minimum atomic E-state index is -0.398. The van der Waals surface area contributed by atoms with E-state index in [9.17, 15) is 19.2 Å². The number of carbonyl (C=O) groups is 3. The molecule has 3 fully saturated rings. The van der Waals surface area contributed by atoms with Crippen molar-refractivity contribution in [2.24, 2.45) is 29.6 Å². The molecule has 3 amide bonds. The van der Waals surface area contributed by atoms with Gasteiger partial charge in [0.25, 0.3) is 5.91 Å². The van der Waals surface area contributed by atoms with Gasteiger partial charge in [0.15, 0.2) is 6.61 Å². The van der Waals surface area contributed by atoms with Crippen LogP contribution in [0.25, 0.3) is 10.8 Å². The van der Waals surface area contributed by atoms with E-state index in [-0.39, 0.29) is 64.0 Å². The Balaban J connectivity index is 1.03. The third-order valence-corrected chi connectivity index (χ3v) is 13.3. The van der Waals surface area contributed by atoms with Crippen LogP contribution in [-0.4, -0.2) is 34.6 Å². The molecule has 5 aromatic rings. The van der Waals surface area contributed by atoms with Crippen molar-refractivity contribution in [1.29, 1.82) is 0 Å². The summed E-state index contributed by atoms with van der Waals surface area (Å²) >= 11 is 2.86. The second-order valence-electron chi connectivity index (χ2n) is 13.2. The molecule has 2 aliphatic heterocycles. The van der Waals surface area contributed by atoms with Crippen molar-refractivity contribution in [3.8, 4) is 5.75 Å². The van der Waals surface area contributed by atoms with Gasteiger partial charge in [-0.25, -0.2) is 0 Å². The standard InChI is InChI=1S/C38H31N3O5S2/c1-19-13-15-21(16-14-19)41-36(43)31-24-17-25(32(31)37(41)44)33-30(24)29(34-35(47-33)40-38(45)48-34)23-10-4-5-12-27(23)46-18-28(42)39-26-11-6-8-20-7-2-3-9-22(20)26/h2-16,24-25,29-33H,17-18H2,1H3,(H,39,42)(H,40,45)/t24?,25?,29-,30?,31?,32?,33?/m1/s1. The Hall–Kier alpha value is -4.67. The van der Waals surface area contributed by atoms with E-state index in [1.165, 1.54) is 16.2 Å². The minimum Gasteiger partial charge on any atom is -0.483 e. The number of hydrogen-bond acceptors (Lipinski definition) is 7. The number of benzene rings is 4. The molecule has 0 spiro atoms. The minimum absolute atomic E-state index is 0.0144. The maximum absolute atomic E-state index is 14.1. The molecule has 240 valence electrons. The highest BCUT2D eigenvalue weighted by atomic mass is 32.2. The molecule has 9 rings (SSSR count). The van der Waals surface area contributed by atoms with Gasteiger partial charge in [0.2, 0.25) is 11.8 Å². The number of amides is 3. The second-order valence-corrected chi connectivity index (χ2v) is 15.4. The van der Waals surface area contributed by atoms with Gasteiger partial charge in [-0.3, -0.25) is 24.1 Å². The molecule has 6 unspecified atom stereocenters. The summed E-state index contributed by atoms with van der Waals surface area (Å²) in [5, 5.41) is 5.86. The Kier molecular flexibility index (Phi) is 6.88. The monoisotopic (exact) mass is 673 g/mol. The van der Waals surface area contributed by atoms with Crippen LogP contribution in [0.5, 0.6) is 5.75 Å². The number of rotatable bonds is 6. The molecule has 3 heterocycles. The van der Waals surface area contributed by atoms with E-state index in [1.807, 2.05) is 97.9 Å². The smallest absolute Gasteiger partial charge is 0.305 e. The number of imide groups is 1. The summed E-state index contributed by atoms with van der Waals surface area (Å²) in [5.74, 6) is -0.915. The Bertz CT molecular complexity index is 2190. The van der Waals surface area contributed by atoms with E-state index in [2.05, 4.69) is 10.3 Å². The Morgan fingerprint density at radius 1 is 0.896 bits per heavy atom. The van der Waals surface area contributed by atoms with Crippen LogP contribution in [0, 0.1) is 36.5 Å². The van der Waals surface area contributed by atoms with Crippen LogP contribution in [0.2, 0.25) is 0 Å². The molecule has 2 aliphatic carbocycles. The average molecular weight is 674 g/mol. The summed E-state index contributed by atoms with van der Waals surface area (Å²) < 4.78 is 6.26. The van der Waals surface area contributed by atoms with Crippen molar-refractivity contribution >= 4 is 63.0 Å². The summed E-state index contributed by atoms with van der Waals surface area (Å²) in [5.41, 5.74) is 3.30. The molecule has 48 heavy (non-hydrogen) atoms. The topological polar surface area (TPSA) is 109 Å². The van der Waals surface area contributed by atoms with E-state index < -0.39 is 5.92 Å². The van der Waals surface area contributed by atoms with E-state index >= 15 is 0 Å². The maximum atomic E-state index is 14.1. The predicted octanol–water partition coefficient (Wildman–Crippen LogP) is 6.59. The number of ether oxygens (including phenoxy) is 1. The first kappa shape index (κ1) is 29.5. The third kappa shape index (κ3) is 4.49. The molecule has 4 aromatic carbocycles. The molecule has 2 saturated carbocycles. The van der Waals surface area contributed by atoms with Crippen LogP contribution in [0.3, 0.4) is 0 Å². The van der Waals surface area contributed by atoms with Crippen LogP contribution in [0.1, 0.15) is 28.3 Å². The number of H-pyrrole nitrogens is 1. The zero-order valence-electron chi connectivity index (χ0n) is 25.9. The van der Waals surface area contributed by atoms with Crippen molar-refractivity contribution in [2.75, 3.05) is 16.8 Å². The first-order chi connectivity index (χ1) is 23.4. The number of thiazole rings is 1. The highest BCUT2D eigenvalue weighted by molar-refractivity contribution is 8.00. The third-order valence-electron chi connectivity index (χ3n) is 10.7. The van der Waals surface area contributed by atoms with Crippen LogP contribution in [0.15, 0.2) is 101 Å². The fourth-order valence-electron chi connectivity index (χ4n) is 8.85. The molecule has 1 saturated heterocycles. The maximum Gasteiger partial charge on any atom is 0.305 e. The first-order valence-corrected chi connectivity index (χ1v) is 17.9. The lowest BCUT2D eigenvalue weighted by molar-refractivity contribution is -0.123. The van der Waals surface area contributed by atoms with Gasteiger partial charge in [0.05, 0.1) is 22.5 Å². The van der Waals surface area contributed by atoms with Crippen LogP contribution in [0.4, 0.5) is 11.4 Å². The van der Waals surface area contributed by atoms with Gasteiger partial charge in [0, 0.05) is 32.7 Å². The number of carbonyl (C=O) groups excluding carboxylic acids is 3. The van der Waals surface area contributed by atoms with Gasteiger partial charge in [-0.1, -0.05) is 83.6 Å². The van der Waals surface area contributed by atoms with E-state index in [1.54, 1.807) is 11.8 Å². The van der Waals surface area contributed by atoms with Crippen molar-refractivity contribution in [3.05, 3.63) is 117 Å². The SMILES string of the molecule is Cc1ccc(N2C(=O)C3C4CC(C3C2=O)C2C4Sc3[nH]c(=O)sc3[C@@H]2c2ccccc2OCC(=O)Nc2cccc3ccccc23)cc1. The highest BCUT2D eigenvalue weighted by Gasteiger charge is 2.69. The quantitative estimate of drug-likeness (QED) is 0.197. The summed E-state index contributed by atoms with van der Waals surface area (Å²) in [7, 11) is 0. The molecular weight excluding hydrogens is 643 g/mol. The molecular formula is C38H31N3O5S2. The number of nitrogens with zero attached hydrogens (tertiary/aromatic N) is 1. The van der Waals surface area contributed by atoms with Crippen molar-refractivity contribution in [3.63, 3.8) is 0 Å². The molecule has 2 bridgehead atoms. The van der Waals surface area contributed by atoms with Gasteiger partial charge in [-0.05, 0) is 60.7 Å². The number of hydrogen-bond donors (Lipinski definition) is 2. The van der Waals surface area contributed by atoms with Crippen molar-refractivity contribution in [1.82, 2.24) is 4.98 Å². The van der Waals surface area contributed by atoms with Gasteiger partial charge in [-0.15, -0.1) is 11.8 Å². The molecule has 2 N–H and O–H groups in total. The summed E-state index contributed by atoms with van der Waals surface area (Å²) in [6, 6.07) is 28.9. The summed E-state index contributed by atoms with van der Waals surface area (Å²) in [6.07, 6.45) is 0.795. The zero-order valence-corrected chi connectivity index (χ0v) is 27.6. The van der Waals surface area contributed by atoms with E-state index in [4.69, 9.17) is 4.74 Å². The first-order valence-electron chi connectivity index (χ1n) is 16.2. The van der Waals surface area contributed by atoms with Crippen LogP contribution in [-0.2, 0) is 14.4 Å². The number of aromatic amines is 1. The number of aromatic nitrogens is 1. The lowest BCUT2D eigenvalue weighted by atomic mass is 9.68. The Morgan fingerprint density at radius 2 is 1.62 bits per heavy atom. The van der Waals surface area contributed by atoms with Gasteiger partial charge in [0.1, 0.15) is 5.75 Å². The molecule has 7 atom stereocenters. The molecule has 10 heteroatoms. The largest absolute Gasteiger partial charge is 0.483 e. The summed E-state index contributed by atoms with van der Waals surface area (Å²) in [6.45, 7) is 1.79. The van der Waals surface area contributed by atoms with E-state index in [0.717, 1.165) is 43.9 Å². The average Bonchev–Trinajstić information content (AvgIpc) is 3.83. The number of fused-ring (bicyclic) bond motifs is 10. The highest BCUT2D eigenvalue weighted by Crippen LogP contribution is 2.69. The number of nitrogens with one attached hydrogen (secondary N) is 2. The van der Waals surface area contributed by atoms with Gasteiger partial charge < -0.3 is 15.0 Å².